The van der Waals surface area contributed by atoms with E-state index in [0.29, 0.717) is 12.1 Å². The fraction of sp³-hybridized carbons (Fsp3) is 0.304. The summed E-state index contributed by atoms with van der Waals surface area (Å²) in [6, 6.07) is 15.2. The van der Waals surface area contributed by atoms with Crippen LogP contribution >= 0.6 is 0 Å². The Labute approximate surface area is 171 Å². The number of aromatic amines is 1. The summed E-state index contributed by atoms with van der Waals surface area (Å²) in [4.78, 5) is 31.5. The Balaban J connectivity index is 1.89. The lowest BCUT2D eigenvalue weighted by Gasteiger charge is -2.23. The maximum atomic E-state index is 12.9. The molecule has 1 aromatic heterocycles. The first-order chi connectivity index (χ1) is 13.8. The molecule has 0 atom stereocenters. The largest absolute Gasteiger partial charge is 0.338 e. The number of rotatable bonds is 6. The molecule has 0 spiro atoms. The van der Waals surface area contributed by atoms with Gasteiger partial charge in [-0.3, -0.25) is 4.79 Å². The van der Waals surface area contributed by atoms with E-state index in [9.17, 15) is 9.59 Å². The van der Waals surface area contributed by atoms with Gasteiger partial charge in [-0.2, -0.15) is 0 Å². The normalized spacial score (nSPS) is 11.1. The minimum absolute atomic E-state index is 0.154. The van der Waals surface area contributed by atoms with Crippen molar-refractivity contribution in [3.63, 3.8) is 0 Å². The van der Waals surface area contributed by atoms with Gasteiger partial charge in [0, 0.05) is 11.3 Å². The maximum Gasteiger partial charge on any atom is 0.322 e. The number of quaternary nitrogens is 1. The maximum absolute atomic E-state index is 12.9. The number of urea groups is 1. The zero-order valence-corrected chi connectivity index (χ0v) is 17.5. The Hall–Kier alpha value is -3.12. The number of carbonyl (C=O) groups excluding carboxylic acids is 1. The number of H-pyrrole nitrogens is 1. The van der Waals surface area contributed by atoms with E-state index in [4.69, 9.17) is 0 Å². The zero-order valence-electron chi connectivity index (χ0n) is 17.5. The van der Waals surface area contributed by atoms with Crippen LogP contribution in [0, 0.1) is 13.8 Å². The van der Waals surface area contributed by atoms with E-state index in [2.05, 4.69) is 22.4 Å². The molecule has 0 aliphatic carbocycles. The smallest absolute Gasteiger partial charge is 0.322 e. The lowest BCUT2D eigenvalue weighted by molar-refractivity contribution is -0.857. The number of anilines is 1. The van der Waals surface area contributed by atoms with Crippen molar-refractivity contribution in [3.05, 3.63) is 75.6 Å². The molecule has 6 nitrogen and oxygen atoms in total. The third kappa shape index (κ3) is 5.23. The van der Waals surface area contributed by atoms with Crippen molar-refractivity contribution < 1.29 is 9.69 Å². The summed E-state index contributed by atoms with van der Waals surface area (Å²) in [7, 11) is 4.09. The van der Waals surface area contributed by atoms with Crippen LogP contribution in [0.4, 0.5) is 10.5 Å². The highest BCUT2D eigenvalue weighted by Crippen LogP contribution is 2.18. The Bertz CT molecular complexity index is 1060. The van der Waals surface area contributed by atoms with Gasteiger partial charge in [0.1, 0.15) is 0 Å². The van der Waals surface area contributed by atoms with Crippen LogP contribution in [0.5, 0.6) is 0 Å². The van der Waals surface area contributed by atoms with Gasteiger partial charge in [-0.25, -0.2) is 4.79 Å². The Kier molecular flexibility index (Phi) is 6.34. The van der Waals surface area contributed by atoms with E-state index in [1.807, 2.05) is 64.3 Å². The molecular formula is C23H29N4O2+. The number of likely N-dealkylation sites (N-methyl/N-ethyl adjacent to an activating group) is 1. The average Bonchev–Trinajstić information content (AvgIpc) is 2.66. The van der Waals surface area contributed by atoms with Gasteiger partial charge in [0.2, 0.25) is 0 Å². The molecule has 0 aliphatic heterocycles. The van der Waals surface area contributed by atoms with E-state index in [1.165, 1.54) is 4.90 Å². The summed E-state index contributed by atoms with van der Waals surface area (Å²) in [5.41, 5.74) is 4.20. The molecule has 0 unspecified atom stereocenters. The summed E-state index contributed by atoms with van der Waals surface area (Å²) in [5.74, 6) is 0. The minimum atomic E-state index is -0.211. The van der Waals surface area contributed by atoms with Gasteiger partial charge >= 0.3 is 6.03 Å². The number of carbonyl (C=O) groups is 1. The summed E-state index contributed by atoms with van der Waals surface area (Å²) in [6.45, 7) is 5.61. The van der Waals surface area contributed by atoms with Crippen LogP contribution in [-0.2, 0) is 6.54 Å². The molecule has 152 valence electrons. The number of fused-ring (bicyclic) bond motifs is 1. The Morgan fingerprint density at radius 3 is 2.52 bits per heavy atom. The fourth-order valence-electron chi connectivity index (χ4n) is 3.39. The molecule has 0 radical (unpaired) electrons. The highest BCUT2D eigenvalue weighted by molar-refractivity contribution is 5.89. The molecular weight excluding hydrogens is 364 g/mol. The van der Waals surface area contributed by atoms with Crippen LogP contribution in [0.15, 0.2) is 53.3 Å². The van der Waals surface area contributed by atoms with Gasteiger partial charge < -0.3 is 20.1 Å². The van der Waals surface area contributed by atoms with Crippen molar-refractivity contribution in [3.8, 4) is 0 Å². The molecule has 6 heteroatoms. The Morgan fingerprint density at radius 1 is 1.10 bits per heavy atom. The van der Waals surface area contributed by atoms with Crippen LogP contribution in [0.3, 0.4) is 0 Å². The van der Waals surface area contributed by atoms with Crippen molar-refractivity contribution in [2.45, 2.75) is 20.4 Å². The van der Waals surface area contributed by atoms with Gasteiger partial charge in [-0.1, -0.05) is 29.8 Å². The molecule has 29 heavy (non-hydrogen) atoms. The molecule has 3 N–H and O–H groups in total. The highest BCUT2D eigenvalue weighted by Gasteiger charge is 2.18. The first-order valence-corrected chi connectivity index (χ1v) is 9.86. The number of para-hydroxylation sites is 1. The second kappa shape index (κ2) is 8.92. The fourth-order valence-corrected chi connectivity index (χ4v) is 3.39. The number of benzene rings is 2. The molecule has 2 aromatic carbocycles. The van der Waals surface area contributed by atoms with E-state index >= 15 is 0 Å². The first kappa shape index (κ1) is 20.6. The molecule has 0 fully saturated rings. The number of aryl methyl sites for hydroxylation is 2. The van der Waals surface area contributed by atoms with Crippen molar-refractivity contribution in [1.82, 2.24) is 9.88 Å². The van der Waals surface area contributed by atoms with Crippen LogP contribution in [0.25, 0.3) is 10.9 Å². The standard InChI is InChI=1S/C23H28N4O2/c1-16-12-17(2)21-18(13-16)14-19(22(28)25-21)15-27(11-10-26(3)4)23(29)24-20-8-6-5-7-9-20/h5-9,12-14H,10-11,15H2,1-4H3,(H,24,29)(H,25,28)/p+1. The second-order valence-electron chi connectivity index (χ2n) is 7.84. The average molecular weight is 394 g/mol. The molecule has 2 amide bonds. The number of nitrogens with one attached hydrogen (secondary N) is 3. The molecule has 3 rings (SSSR count). The zero-order chi connectivity index (χ0) is 21.0. The van der Waals surface area contributed by atoms with Crippen LogP contribution < -0.4 is 15.8 Å². The van der Waals surface area contributed by atoms with Crippen molar-refractivity contribution in [2.24, 2.45) is 0 Å². The van der Waals surface area contributed by atoms with Crippen LogP contribution in [0.2, 0.25) is 0 Å². The Morgan fingerprint density at radius 2 is 1.83 bits per heavy atom. The number of aromatic nitrogens is 1. The molecule has 3 aromatic rings. The van der Waals surface area contributed by atoms with E-state index in [-0.39, 0.29) is 18.1 Å². The van der Waals surface area contributed by atoms with Crippen molar-refractivity contribution in [1.29, 1.82) is 0 Å². The van der Waals surface area contributed by atoms with E-state index < -0.39 is 0 Å². The predicted molar refractivity (Wildman–Crippen MR) is 118 cm³/mol. The van der Waals surface area contributed by atoms with Gasteiger partial charge in [-0.05, 0) is 49.1 Å². The van der Waals surface area contributed by atoms with Gasteiger partial charge in [0.05, 0.1) is 39.2 Å². The quantitative estimate of drug-likeness (QED) is 0.602. The molecule has 0 bridgehead atoms. The number of amides is 2. The summed E-state index contributed by atoms with van der Waals surface area (Å²) < 4.78 is 0. The van der Waals surface area contributed by atoms with E-state index in [1.54, 1.807) is 4.90 Å². The minimum Gasteiger partial charge on any atom is -0.338 e. The number of nitrogens with zero attached hydrogens (tertiary/aromatic N) is 1. The van der Waals surface area contributed by atoms with Crippen LogP contribution in [-0.4, -0.2) is 43.1 Å². The number of hydrogen-bond donors (Lipinski definition) is 3. The monoisotopic (exact) mass is 393 g/mol. The molecule has 1 heterocycles. The number of hydrogen-bond acceptors (Lipinski definition) is 2. The molecule has 0 aliphatic rings. The molecule has 0 saturated heterocycles. The van der Waals surface area contributed by atoms with Crippen molar-refractivity contribution in [2.75, 3.05) is 32.5 Å². The van der Waals surface area contributed by atoms with E-state index in [0.717, 1.165) is 34.3 Å². The van der Waals surface area contributed by atoms with Crippen molar-refractivity contribution >= 4 is 22.6 Å². The molecule has 0 saturated carbocycles. The van der Waals surface area contributed by atoms with Crippen LogP contribution in [0.1, 0.15) is 16.7 Å². The first-order valence-electron chi connectivity index (χ1n) is 9.86. The summed E-state index contributed by atoms with van der Waals surface area (Å²) >= 11 is 0. The highest BCUT2D eigenvalue weighted by atomic mass is 16.2. The summed E-state index contributed by atoms with van der Waals surface area (Å²) in [5, 5.41) is 3.91. The lowest BCUT2D eigenvalue weighted by Crippen LogP contribution is -3.06. The van der Waals surface area contributed by atoms with Gasteiger partial charge in [-0.15, -0.1) is 0 Å². The van der Waals surface area contributed by atoms with Gasteiger partial charge in [0.15, 0.2) is 0 Å². The topological polar surface area (TPSA) is 69.6 Å². The third-order valence-electron chi connectivity index (χ3n) is 4.93. The third-order valence-corrected chi connectivity index (χ3v) is 4.93. The predicted octanol–water partition coefficient (Wildman–Crippen LogP) is 2.32. The number of pyridine rings is 1. The summed E-state index contributed by atoms with van der Waals surface area (Å²) in [6.07, 6.45) is 0. The van der Waals surface area contributed by atoms with Gasteiger partial charge in [0.25, 0.3) is 5.56 Å². The lowest BCUT2D eigenvalue weighted by atomic mass is 10.1. The second-order valence-corrected chi connectivity index (χ2v) is 7.84. The SMILES string of the molecule is Cc1cc(C)c2[nH]c(=O)c(CN(CC[NH+](C)C)C(=O)Nc3ccccc3)cc2c1.